The van der Waals surface area contributed by atoms with Gasteiger partial charge in [0.2, 0.25) is 5.91 Å². The van der Waals surface area contributed by atoms with Gasteiger partial charge in [0.25, 0.3) is 0 Å². The number of hydrogen-bond acceptors (Lipinski definition) is 3. The fourth-order valence-electron chi connectivity index (χ4n) is 1.83. The largest absolute Gasteiger partial charge is 0.496 e. The predicted octanol–water partition coefficient (Wildman–Crippen LogP) is 2.63. The highest BCUT2D eigenvalue weighted by Crippen LogP contribution is 2.28. The molecule has 1 amide bonds. The van der Waals surface area contributed by atoms with Crippen molar-refractivity contribution >= 4 is 21.8 Å². The second-order valence-corrected chi connectivity index (χ2v) is 5.25. The monoisotopic (exact) mass is 328 g/mol. The Bertz CT molecular complexity index is 437. The van der Waals surface area contributed by atoms with Crippen LogP contribution in [0.25, 0.3) is 0 Å². The molecular weight excluding hydrogens is 308 g/mol. The highest BCUT2D eigenvalue weighted by atomic mass is 79.9. The molecule has 2 N–H and O–H groups in total. The summed E-state index contributed by atoms with van der Waals surface area (Å²) in [5.41, 5.74) is 1.10. The van der Waals surface area contributed by atoms with E-state index in [0.29, 0.717) is 6.54 Å². The topological polar surface area (TPSA) is 50.4 Å². The van der Waals surface area contributed by atoms with Gasteiger partial charge in [0.05, 0.1) is 17.6 Å². The highest BCUT2D eigenvalue weighted by molar-refractivity contribution is 9.10. The van der Waals surface area contributed by atoms with Gasteiger partial charge in [0, 0.05) is 12.6 Å². The van der Waals surface area contributed by atoms with Crippen LogP contribution in [0.5, 0.6) is 5.75 Å². The summed E-state index contributed by atoms with van der Waals surface area (Å²) in [6.07, 6.45) is 0. The normalized spacial score (nSPS) is 13.7. The molecule has 106 valence electrons. The molecule has 0 fully saturated rings. The minimum Gasteiger partial charge on any atom is -0.496 e. The van der Waals surface area contributed by atoms with Gasteiger partial charge in [-0.2, -0.15) is 0 Å². The number of rotatable bonds is 6. The van der Waals surface area contributed by atoms with Crippen LogP contribution in [0.2, 0.25) is 0 Å². The summed E-state index contributed by atoms with van der Waals surface area (Å²) in [7, 11) is 1.64. The lowest BCUT2D eigenvalue weighted by Crippen LogP contribution is -2.43. The number of likely N-dealkylation sites (N-methyl/N-ethyl adjacent to an activating group) is 1. The predicted molar refractivity (Wildman–Crippen MR) is 80.4 cm³/mol. The molecule has 0 bridgehead atoms. The lowest BCUT2D eigenvalue weighted by atomic mass is 10.1. The summed E-state index contributed by atoms with van der Waals surface area (Å²) in [4.78, 5) is 11.7. The molecule has 4 nitrogen and oxygen atoms in total. The van der Waals surface area contributed by atoms with Crippen molar-refractivity contribution in [2.75, 3.05) is 13.7 Å². The van der Waals surface area contributed by atoms with Crippen LogP contribution in [0.4, 0.5) is 0 Å². The van der Waals surface area contributed by atoms with Gasteiger partial charge in [0.1, 0.15) is 5.75 Å². The van der Waals surface area contributed by atoms with Gasteiger partial charge in [-0.25, -0.2) is 0 Å². The molecule has 2 atom stereocenters. The van der Waals surface area contributed by atoms with Crippen LogP contribution in [0.15, 0.2) is 22.7 Å². The van der Waals surface area contributed by atoms with Crippen LogP contribution in [0.3, 0.4) is 0 Å². The fourth-order valence-corrected chi connectivity index (χ4v) is 2.38. The Labute approximate surface area is 123 Å². The Morgan fingerprint density at radius 2 is 2.11 bits per heavy atom. The SMILES string of the molecule is CCNC(=O)[C@@H](C)N[C@@H](C)c1ccc(OC)c(Br)c1. The minimum absolute atomic E-state index is 0.0157. The number of nitrogens with one attached hydrogen (secondary N) is 2. The van der Waals surface area contributed by atoms with Crippen molar-refractivity contribution in [3.63, 3.8) is 0 Å². The first-order chi connectivity index (χ1) is 8.99. The summed E-state index contributed by atoms with van der Waals surface area (Å²) in [5.74, 6) is 0.814. The Hall–Kier alpha value is -1.07. The lowest BCUT2D eigenvalue weighted by Gasteiger charge is -2.20. The van der Waals surface area contributed by atoms with Gasteiger partial charge in [0.15, 0.2) is 0 Å². The van der Waals surface area contributed by atoms with Crippen molar-refractivity contribution in [3.05, 3.63) is 28.2 Å². The third kappa shape index (κ3) is 4.51. The molecule has 0 aliphatic carbocycles. The average molecular weight is 329 g/mol. The Kier molecular flexibility index (Phi) is 6.31. The average Bonchev–Trinajstić information content (AvgIpc) is 2.38. The van der Waals surface area contributed by atoms with E-state index >= 15 is 0 Å². The van der Waals surface area contributed by atoms with Gasteiger partial charge in [-0.15, -0.1) is 0 Å². The van der Waals surface area contributed by atoms with Gasteiger partial charge in [-0.05, 0) is 54.4 Å². The maximum atomic E-state index is 11.7. The number of methoxy groups -OCH3 is 1. The van der Waals surface area contributed by atoms with E-state index in [-0.39, 0.29) is 18.0 Å². The first-order valence-electron chi connectivity index (χ1n) is 6.36. The number of halogens is 1. The van der Waals surface area contributed by atoms with Gasteiger partial charge in [-0.3, -0.25) is 10.1 Å². The zero-order valence-corrected chi connectivity index (χ0v) is 13.4. The standard InChI is InChI=1S/C14H21BrN2O2/c1-5-16-14(18)10(3)17-9(2)11-6-7-13(19-4)12(15)8-11/h6-10,17H,5H2,1-4H3,(H,16,18)/t9-,10+/m0/s1. The number of carbonyl (C=O) groups is 1. The van der Waals surface area contributed by atoms with E-state index in [1.54, 1.807) is 7.11 Å². The summed E-state index contributed by atoms with van der Waals surface area (Å²) < 4.78 is 6.11. The molecule has 1 aromatic carbocycles. The summed E-state index contributed by atoms with van der Waals surface area (Å²) in [5, 5.41) is 6.07. The maximum Gasteiger partial charge on any atom is 0.236 e. The molecular formula is C14H21BrN2O2. The Morgan fingerprint density at radius 3 is 2.63 bits per heavy atom. The van der Waals surface area contributed by atoms with E-state index in [2.05, 4.69) is 26.6 Å². The molecule has 5 heteroatoms. The van der Waals surface area contributed by atoms with E-state index in [9.17, 15) is 4.79 Å². The van der Waals surface area contributed by atoms with Crippen LogP contribution in [-0.2, 0) is 4.79 Å². The van der Waals surface area contributed by atoms with Crippen LogP contribution >= 0.6 is 15.9 Å². The van der Waals surface area contributed by atoms with Crippen molar-refractivity contribution in [1.29, 1.82) is 0 Å². The van der Waals surface area contributed by atoms with Crippen molar-refractivity contribution in [2.24, 2.45) is 0 Å². The van der Waals surface area contributed by atoms with E-state index in [1.165, 1.54) is 0 Å². The zero-order chi connectivity index (χ0) is 14.4. The van der Waals surface area contributed by atoms with Crippen molar-refractivity contribution in [1.82, 2.24) is 10.6 Å². The highest BCUT2D eigenvalue weighted by Gasteiger charge is 2.16. The summed E-state index contributed by atoms with van der Waals surface area (Å²) in [6.45, 7) is 6.45. The third-order valence-electron chi connectivity index (χ3n) is 2.92. The molecule has 1 rings (SSSR count). The number of hydrogen-bond donors (Lipinski definition) is 2. The van der Waals surface area contributed by atoms with E-state index in [4.69, 9.17) is 4.74 Å². The third-order valence-corrected chi connectivity index (χ3v) is 3.54. The number of ether oxygens (including phenoxy) is 1. The van der Waals surface area contributed by atoms with Gasteiger partial charge in [-0.1, -0.05) is 6.07 Å². The summed E-state index contributed by atoms with van der Waals surface area (Å²) >= 11 is 3.46. The quantitative estimate of drug-likeness (QED) is 0.844. The molecule has 0 saturated heterocycles. The second kappa shape index (κ2) is 7.50. The zero-order valence-electron chi connectivity index (χ0n) is 11.8. The van der Waals surface area contributed by atoms with Crippen molar-refractivity contribution < 1.29 is 9.53 Å². The van der Waals surface area contributed by atoms with Crippen LogP contribution in [0, 0.1) is 0 Å². The first-order valence-corrected chi connectivity index (χ1v) is 7.16. The number of amides is 1. The Balaban J connectivity index is 2.70. The number of carbonyl (C=O) groups excluding carboxylic acids is 1. The molecule has 1 aromatic rings. The van der Waals surface area contributed by atoms with E-state index in [1.807, 2.05) is 39.0 Å². The molecule has 0 aliphatic rings. The maximum absolute atomic E-state index is 11.7. The molecule has 0 saturated carbocycles. The molecule has 0 spiro atoms. The fraction of sp³-hybridized carbons (Fsp3) is 0.500. The molecule has 0 radical (unpaired) electrons. The van der Waals surface area contributed by atoms with Crippen LogP contribution in [0.1, 0.15) is 32.4 Å². The summed E-state index contributed by atoms with van der Waals surface area (Å²) in [6, 6.07) is 5.76. The van der Waals surface area contributed by atoms with E-state index < -0.39 is 0 Å². The molecule has 0 aliphatic heterocycles. The van der Waals surface area contributed by atoms with Crippen molar-refractivity contribution in [2.45, 2.75) is 32.9 Å². The van der Waals surface area contributed by atoms with E-state index in [0.717, 1.165) is 15.8 Å². The van der Waals surface area contributed by atoms with Gasteiger partial charge < -0.3 is 10.1 Å². The van der Waals surface area contributed by atoms with Crippen LogP contribution < -0.4 is 15.4 Å². The Morgan fingerprint density at radius 1 is 1.42 bits per heavy atom. The molecule has 0 heterocycles. The smallest absolute Gasteiger partial charge is 0.236 e. The second-order valence-electron chi connectivity index (χ2n) is 4.40. The molecule has 19 heavy (non-hydrogen) atoms. The number of benzene rings is 1. The van der Waals surface area contributed by atoms with Gasteiger partial charge >= 0.3 is 0 Å². The molecule has 0 aromatic heterocycles. The minimum atomic E-state index is -0.226. The first kappa shape index (κ1) is 16.0. The van der Waals surface area contributed by atoms with Crippen LogP contribution in [-0.4, -0.2) is 25.6 Å². The lowest BCUT2D eigenvalue weighted by molar-refractivity contribution is -0.122. The molecule has 0 unspecified atom stereocenters. The van der Waals surface area contributed by atoms with Crippen molar-refractivity contribution in [3.8, 4) is 5.75 Å².